The fraction of sp³-hybridized carbons (Fsp3) is 0.455. The van der Waals surface area contributed by atoms with Gasteiger partial charge in [0, 0.05) is 25.2 Å². The van der Waals surface area contributed by atoms with Gasteiger partial charge in [0.05, 0.1) is 37.4 Å². The second-order valence-corrected chi connectivity index (χ2v) is 8.46. The molecule has 0 aliphatic carbocycles. The summed E-state index contributed by atoms with van der Waals surface area (Å²) in [7, 11) is 0. The maximum atomic E-state index is 12.5. The number of amides is 1. The minimum absolute atomic E-state index is 0.0952. The Morgan fingerprint density at radius 2 is 1.97 bits per heavy atom. The summed E-state index contributed by atoms with van der Waals surface area (Å²) in [6.45, 7) is 7.84. The molecule has 0 saturated carbocycles. The number of thioether (sulfide) groups is 1. The SMILES string of the molecule is CSc1nc(N2CCOCC2)c2cnn(CCNC(=O)c3ccc(OC(C)C)cc3)c2n1. The van der Waals surface area contributed by atoms with Crippen LogP contribution in [0.1, 0.15) is 24.2 Å². The molecule has 1 aliphatic rings. The summed E-state index contributed by atoms with van der Waals surface area (Å²) in [5.41, 5.74) is 1.36. The third-order valence-corrected chi connectivity index (χ3v) is 5.59. The number of nitrogens with zero attached hydrogens (tertiary/aromatic N) is 5. The smallest absolute Gasteiger partial charge is 0.251 e. The standard InChI is InChI=1S/C22H28N6O3S/c1-15(2)31-17-6-4-16(5-7-17)21(29)23-8-9-28-20-18(14-24-28)19(25-22(26-20)32-3)27-10-12-30-13-11-27/h4-7,14-15H,8-13H2,1-3H3,(H,23,29). The number of morpholine rings is 1. The number of rotatable bonds is 8. The largest absolute Gasteiger partial charge is 0.491 e. The van der Waals surface area contributed by atoms with E-state index in [1.54, 1.807) is 18.3 Å². The van der Waals surface area contributed by atoms with Gasteiger partial charge in [0.15, 0.2) is 10.8 Å². The molecule has 0 unspecified atom stereocenters. The third kappa shape index (κ3) is 5.13. The third-order valence-electron chi connectivity index (χ3n) is 5.05. The monoisotopic (exact) mass is 456 g/mol. The topological polar surface area (TPSA) is 94.4 Å². The van der Waals surface area contributed by atoms with Crippen LogP contribution < -0.4 is 15.0 Å². The lowest BCUT2D eigenvalue weighted by Crippen LogP contribution is -2.37. The molecule has 0 bridgehead atoms. The van der Waals surface area contributed by atoms with E-state index in [9.17, 15) is 4.79 Å². The van der Waals surface area contributed by atoms with Crippen LogP contribution in [0.4, 0.5) is 5.82 Å². The summed E-state index contributed by atoms with van der Waals surface area (Å²) < 4.78 is 12.9. The summed E-state index contributed by atoms with van der Waals surface area (Å²) in [6.07, 6.45) is 3.86. The zero-order valence-electron chi connectivity index (χ0n) is 18.6. The second kappa shape index (κ2) is 10.2. The lowest BCUT2D eigenvalue weighted by molar-refractivity contribution is 0.0952. The first-order valence-electron chi connectivity index (χ1n) is 10.7. The van der Waals surface area contributed by atoms with Gasteiger partial charge in [-0.2, -0.15) is 5.10 Å². The number of fused-ring (bicyclic) bond motifs is 1. The van der Waals surface area contributed by atoms with Crippen molar-refractivity contribution in [2.24, 2.45) is 0 Å². The van der Waals surface area contributed by atoms with Crippen LogP contribution in [0.25, 0.3) is 11.0 Å². The van der Waals surface area contributed by atoms with Crippen molar-refractivity contribution in [1.82, 2.24) is 25.1 Å². The van der Waals surface area contributed by atoms with Gasteiger partial charge >= 0.3 is 0 Å². The van der Waals surface area contributed by atoms with E-state index in [1.165, 1.54) is 11.8 Å². The number of carbonyl (C=O) groups is 1. The second-order valence-electron chi connectivity index (χ2n) is 7.69. The van der Waals surface area contributed by atoms with Crippen molar-refractivity contribution in [1.29, 1.82) is 0 Å². The van der Waals surface area contributed by atoms with E-state index in [0.29, 0.717) is 37.0 Å². The summed E-state index contributed by atoms with van der Waals surface area (Å²) in [6, 6.07) is 7.15. The van der Waals surface area contributed by atoms with Crippen LogP contribution in [0.2, 0.25) is 0 Å². The van der Waals surface area contributed by atoms with Gasteiger partial charge in [-0.15, -0.1) is 0 Å². The molecule has 1 N–H and O–H groups in total. The molecule has 1 aromatic carbocycles. The summed E-state index contributed by atoms with van der Waals surface area (Å²) in [5, 5.41) is 9.08. The predicted octanol–water partition coefficient (Wildman–Crippen LogP) is 2.60. The van der Waals surface area contributed by atoms with Crippen LogP contribution in [-0.2, 0) is 11.3 Å². The minimum Gasteiger partial charge on any atom is -0.491 e. The molecule has 1 saturated heterocycles. The van der Waals surface area contributed by atoms with Crippen molar-refractivity contribution >= 4 is 34.5 Å². The molecule has 32 heavy (non-hydrogen) atoms. The molecule has 170 valence electrons. The molecule has 10 heteroatoms. The average Bonchev–Trinajstić information content (AvgIpc) is 3.22. The lowest BCUT2D eigenvalue weighted by Gasteiger charge is -2.28. The molecular formula is C22H28N6O3S. The van der Waals surface area contributed by atoms with Gasteiger partial charge in [0.25, 0.3) is 5.91 Å². The van der Waals surface area contributed by atoms with Crippen LogP contribution >= 0.6 is 11.8 Å². The molecule has 4 rings (SSSR count). The quantitative estimate of drug-likeness (QED) is 0.408. The van der Waals surface area contributed by atoms with E-state index in [0.717, 1.165) is 35.7 Å². The number of carbonyl (C=O) groups excluding carboxylic acids is 1. The van der Waals surface area contributed by atoms with Crippen molar-refractivity contribution in [3.05, 3.63) is 36.0 Å². The van der Waals surface area contributed by atoms with Gasteiger partial charge in [-0.05, 0) is 44.4 Å². The Bertz CT molecular complexity index is 1060. The molecule has 1 amide bonds. The predicted molar refractivity (Wildman–Crippen MR) is 125 cm³/mol. The number of anilines is 1. The average molecular weight is 457 g/mol. The van der Waals surface area contributed by atoms with Crippen LogP contribution in [0.5, 0.6) is 5.75 Å². The highest BCUT2D eigenvalue weighted by Gasteiger charge is 2.20. The molecule has 3 aromatic rings. The van der Waals surface area contributed by atoms with E-state index in [1.807, 2.05) is 36.9 Å². The maximum Gasteiger partial charge on any atom is 0.251 e. The van der Waals surface area contributed by atoms with Crippen LogP contribution in [-0.4, -0.2) is 70.9 Å². The first-order chi connectivity index (χ1) is 15.5. The van der Waals surface area contributed by atoms with Crippen molar-refractivity contribution in [2.45, 2.75) is 31.7 Å². The maximum absolute atomic E-state index is 12.5. The zero-order valence-corrected chi connectivity index (χ0v) is 19.4. The minimum atomic E-state index is -0.133. The van der Waals surface area contributed by atoms with Gasteiger partial charge in [0.2, 0.25) is 0 Å². The van der Waals surface area contributed by atoms with Gasteiger partial charge in [0.1, 0.15) is 11.6 Å². The highest BCUT2D eigenvalue weighted by Crippen LogP contribution is 2.27. The molecule has 9 nitrogen and oxygen atoms in total. The molecule has 0 spiro atoms. The Morgan fingerprint density at radius 1 is 1.22 bits per heavy atom. The Balaban J connectivity index is 1.43. The van der Waals surface area contributed by atoms with E-state index in [-0.39, 0.29) is 12.0 Å². The van der Waals surface area contributed by atoms with Crippen molar-refractivity contribution < 1.29 is 14.3 Å². The number of ether oxygens (including phenoxy) is 2. The first-order valence-corrected chi connectivity index (χ1v) is 11.9. The first kappa shape index (κ1) is 22.3. The van der Waals surface area contributed by atoms with Gasteiger partial charge < -0.3 is 19.7 Å². The van der Waals surface area contributed by atoms with Gasteiger partial charge in [-0.25, -0.2) is 14.6 Å². The zero-order chi connectivity index (χ0) is 22.5. The molecule has 3 heterocycles. The molecule has 2 aromatic heterocycles. The molecule has 1 fully saturated rings. The van der Waals surface area contributed by atoms with Crippen LogP contribution in [0.3, 0.4) is 0 Å². The van der Waals surface area contributed by atoms with Crippen molar-refractivity contribution in [3.8, 4) is 5.75 Å². The fourth-order valence-electron chi connectivity index (χ4n) is 3.53. The Hall–Kier alpha value is -2.85. The van der Waals surface area contributed by atoms with Crippen LogP contribution in [0, 0.1) is 0 Å². The van der Waals surface area contributed by atoms with Gasteiger partial charge in [-0.3, -0.25) is 4.79 Å². The Morgan fingerprint density at radius 3 is 2.66 bits per heavy atom. The summed E-state index contributed by atoms with van der Waals surface area (Å²) in [4.78, 5) is 24.1. The highest BCUT2D eigenvalue weighted by atomic mass is 32.2. The Labute approximate surface area is 191 Å². The molecular weight excluding hydrogens is 428 g/mol. The number of hydrogen-bond acceptors (Lipinski definition) is 8. The summed E-state index contributed by atoms with van der Waals surface area (Å²) >= 11 is 1.50. The van der Waals surface area contributed by atoms with E-state index in [4.69, 9.17) is 14.5 Å². The molecule has 0 atom stereocenters. The Kier molecular flexibility index (Phi) is 7.11. The van der Waals surface area contributed by atoms with E-state index < -0.39 is 0 Å². The number of nitrogens with one attached hydrogen (secondary N) is 1. The van der Waals surface area contributed by atoms with E-state index >= 15 is 0 Å². The number of aromatic nitrogens is 4. The number of hydrogen-bond donors (Lipinski definition) is 1. The normalized spacial score (nSPS) is 14.2. The number of benzene rings is 1. The van der Waals surface area contributed by atoms with Crippen LogP contribution in [0.15, 0.2) is 35.6 Å². The fourth-order valence-corrected chi connectivity index (χ4v) is 3.88. The van der Waals surface area contributed by atoms with Crippen molar-refractivity contribution in [3.63, 3.8) is 0 Å². The summed E-state index contributed by atoms with van der Waals surface area (Å²) in [5.74, 6) is 1.51. The van der Waals surface area contributed by atoms with E-state index in [2.05, 4.69) is 20.3 Å². The molecule has 1 aliphatic heterocycles. The van der Waals surface area contributed by atoms with Gasteiger partial charge in [-0.1, -0.05) is 11.8 Å². The highest BCUT2D eigenvalue weighted by molar-refractivity contribution is 7.98. The molecule has 0 radical (unpaired) electrons. The van der Waals surface area contributed by atoms with Crippen molar-refractivity contribution in [2.75, 3.05) is 44.0 Å². The lowest BCUT2D eigenvalue weighted by atomic mass is 10.2.